The van der Waals surface area contributed by atoms with Crippen molar-refractivity contribution in [2.45, 2.75) is 6.54 Å². The lowest BCUT2D eigenvalue weighted by Gasteiger charge is -2.03. The Kier molecular flexibility index (Phi) is 4.40. The van der Waals surface area contributed by atoms with Crippen LogP contribution in [0, 0.1) is 5.82 Å². The number of nitrogens with one attached hydrogen (secondary N) is 2. The lowest BCUT2D eigenvalue weighted by atomic mass is 10.1. The maximum absolute atomic E-state index is 13.8. The summed E-state index contributed by atoms with van der Waals surface area (Å²) >= 11 is 0. The van der Waals surface area contributed by atoms with Crippen LogP contribution in [-0.2, 0) is 6.54 Å². The molecule has 1 aliphatic rings. The molecular weight excluding hydrogens is 389 g/mol. The summed E-state index contributed by atoms with van der Waals surface area (Å²) in [6.45, 7) is 0.457. The van der Waals surface area contributed by atoms with Crippen molar-refractivity contribution in [1.82, 2.24) is 20.0 Å². The number of rotatable bonds is 5. The van der Waals surface area contributed by atoms with E-state index >= 15 is 0 Å². The summed E-state index contributed by atoms with van der Waals surface area (Å²) in [4.78, 5) is 12.5. The third-order valence-corrected chi connectivity index (χ3v) is 4.67. The second kappa shape index (κ2) is 7.36. The molecule has 0 atom stereocenters. The number of fused-ring (bicyclic) bond motifs is 1. The standard InChI is InChI=1S/C21H16FN5O3/c22-16-4-2-1-3-14(16)10-27-11-15(9-23-27)24-21(28)18-8-17(25-26-18)13-5-6-19-20(7-13)30-12-29-19/h1-9,11H,10,12H2,(H,24,28)(H,25,26). The lowest BCUT2D eigenvalue weighted by Crippen LogP contribution is -2.11. The molecule has 8 nitrogen and oxygen atoms in total. The van der Waals surface area contributed by atoms with Gasteiger partial charge >= 0.3 is 0 Å². The number of anilines is 1. The Bertz CT molecular complexity index is 1230. The van der Waals surface area contributed by atoms with Gasteiger partial charge in [-0.15, -0.1) is 0 Å². The zero-order valence-corrected chi connectivity index (χ0v) is 15.6. The number of amides is 1. The first-order valence-electron chi connectivity index (χ1n) is 9.18. The highest BCUT2D eigenvalue weighted by molar-refractivity contribution is 6.03. The molecule has 0 fully saturated rings. The molecule has 0 saturated carbocycles. The molecule has 0 unspecified atom stereocenters. The number of carbonyl (C=O) groups excluding carboxylic acids is 1. The molecule has 2 aromatic heterocycles. The Balaban J connectivity index is 1.27. The Morgan fingerprint density at radius 1 is 1.17 bits per heavy atom. The van der Waals surface area contributed by atoms with Crippen LogP contribution >= 0.6 is 0 Å². The predicted molar refractivity (Wildman–Crippen MR) is 106 cm³/mol. The number of nitrogens with zero attached hydrogens (tertiary/aromatic N) is 3. The molecule has 1 amide bonds. The second-order valence-electron chi connectivity index (χ2n) is 6.71. The third kappa shape index (κ3) is 3.48. The monoisotopic (exact) mass is 405 g/mol. The van der Waals surface area contributed by atoms with Gasteiger partial charge in [-0.05, 0) is 30.3 Å². The second-order valence-corrected chi connectivity index (χ2v) is 6.71. The van der Waals surface area contributed by atoms with E-state index in [1.54, 1.807) is 41.2 Å². The Labute approximate surface area is 170 Å². The molecule has 2 N–H and O–H groups in total. The number of H-pyrrole nitrogens is 1. The Hall–Kier alpha value is -4.14. The van der Waals surface area contributed by atoms with Crippen LogP contribution in [0.2, 0.25) is 0 Å². The van der Waals surface area contributed by atoms with Crippen LogP contribution in [0.4, 0.5) is 10.1 Å². The lowest BCUT2D eigenvalue weighted by molar-refractivity contribution is 0.102. The largest absolute Gasteiger partial charge is 0.454 e. The average molecular weight is 405 g/mol. The molecule has 4 aromatic rings. The number of halogens is 1. The van der Waals surface area contributed by atoms with Gasteiger partial charge in [0.15, 0.2) is 11.5 Å². The van der Waals surface area contributed by atoms with E-state index in [0.29, 0.717) is 34.1 Å². The maximum Gasteiger partial charge on any atom is 0.273 e. The van der Waals surface area contributed by atoms with Gasteiger partial charge in [-0.25, -0.2) is 4.39 Å². The number of hydrogen-bond donors (Lipinski definition) is 2. The molecule has 2 aromatic carbocycles. The van der Waals surface area contributed by atoms with E-state index in [1.165, 1.54) is 12.3 Å². The molecule has 0 bridgehead atoms. The molecule has 0 spiro atoms. The third-order valence-electron chi connectivity index (χ3n) is 4.67. The van der Waals surface area contributed by atoms with Crippen LogP contribution in [0.15, 0.2) is 60.9 Å². The van der Waals surface area contributed by atoms with Gasteiger partial charge in [-0.2, -0.15) is 10.2 Å². The van der Waals surface area contributed by atoms with Crippen LogP contribution in [0.1, 0.15) is 16.1 Å². The fourth-order valence-corrected chi connectivity index (χ4v) is 3.16. The quantitative estimate of drug-likeness (QED) is 0.531. The summed E-state index contributed by atoms with van der Waals surface area (Å²) < 4.78 is 26.0. The fraction of sp³-hybridized carbons (Fsp3) is 0.0952. The van der Waals surface area contributed by atoms with Gasteiger partial charge < -0.3 is 14.8 Å². The molecule has 0 radical (unpaired) electrons. The van der Waals surface area contributed by atoms with Crippen molar-refractivity contribution >= 4 is 11.6 Å². The minimum absolute atomic E-state index is 0.192. The van der Waals surface area contributed by atoms with Gasteiger partial charge in [-0.1, -0.05) is 18.2 Å². The summed E-state index contributed by atoms with van der Waals surface area (Å²) in [5, 5.41) is 13.9. The predicted octanol–water partition coefficient (Wildman–Crippen LogP) is 3.44. The van der Waals surface area contributed by atoms with Crippen molar-refractivity contribution in [3.05, 3.63) is 78.0 Å². The summed E-state index contributed by atoms with van der Waals surface area (Å²) in [7, 11) is 0. The van der Waals surface area contributed by atoms with Crippen molar-refractivity contribution in [3.8, 4) is 22.8 Å². The zero-order valence-electron chi connectivity index (χ0n) is 15.6. The Morgan fingerprint density at radius 2 is 2.03 bits per heavy atom. The van der Waals surface area contributed by atoms with E-state index in [-0.39, 0.29) is 25.1 Å². The highest BCUT2D eigenvalue weighted by Gasteiger charge is 2.17. The number of benzene rings is 2. The van der Waals surface area contributed by atoms with Crippen LogP contribution in [0.25, 0.3) is 11.3 Å². The first-order chi connectivity index (χ1) is 14.7. The molecular formula is C21H16FN5O3. The van der Waals surface area contributed by atoms with Crippen molar-refractivity contribution < 1.29 is 18.7 Å². The van der Waals surface area contributed by atoms with Crippen molar-refractivity contribution in [1.29, 1.82) is 0 Å². The molecule has 150 valence electrons. The van der Waals surface area contributed by atoms with E-state index in [4.69, 9.17) is 9.47 Å². The molecule has 5 rings (SSSR count). The topological polar surface area (TPSA) is 94.1 Å². The van der Waals surface area contributed by atoms with Gasteiger partial charge in [0.2, 0.25) is 6.79 Å². The Morgan fingerprint density at radius 3 is 2.93 bits per heavy atom. The summed E-state index contributed by atoms with van der Waals surface area (Å²) in [5.74, 6) is 0.662. The maximum atomic E-state index is 13.8. The van der Waals surface area contributed by atoms with E-state index in [1.807, 2.05) is 12.1 Å². The number of carbonyl (C=O) groups is 1. The molecule has 9 heteroatoms. The first-order valence-corrected chi connectivity index (χ1v) is 9.18. The van der Waals surface area contributed by atoms with Gasteiger partial charge in [0, 0.05) is 17.3 Å². The molecule has 1 aliphatic heterocycles. The normalized spacial score (nSPS) is 12.2. The van der Waals surface area contributed by atoms with Gasteiger partial charge in [-0.3, -0.25) is 14.6 Å². The first kappa shape index (κ1) is 17.9. The molecule has 3 heterocycles. The van der Waals surface area contributed by atoms with Gasteiger partial charge in [0.05, 0.1) is 24.1 Å². The van der Waals surface area contributed by atoms with Crippen LogP contribution < -0.4 is 14.8 Å². The summed E-state index contributed by atoms with van der Waals surface area (Å²) in [6, 6.07) is 13.6. The molecule has 0 aliphatic carbocycles. The highest BCUT2D eigenvalue weighted by atomic mass is 19.1. The van der Waals surface area contributed by atoms with Crippen LogP contribution in [-0.4, -0.2) is 32.7 Å². The van der Waals surface area contributed by atoms with Crippen molar-refractivity contribution in [2.75, 3.05) is 12.1 Å². The minimum atomic E-state index is -0.361. The average Bonchev–Trinajstić information content (AvgIpc) is 3.50. The van der Waals surface area contributed by atoms with Crippen molar-refractivity contribution in [2.24, 2.45) is 0 Å². The number of ether oxygens (including phenoxy) is 2. The zero-order chi connectivity index (χ0) is 20.5. The molecule has 0 saturated heterocycles. The van der Waals surface area contributed by atoms with Crippen LogP contribution in [0.5, 0.6) is 11.5 Å². The number of aromatic amines is 1. The van der Waals surface area contributed by atoms with E-state index < -0.39 is 0 Å². The summed E-state index contributed by atoms with van der Waals surface area (Å²) in [6.07, 6.45) is 3.15. The van der Waals surface area contributed by atoms with E-state index in [0.717, 1.165) is 5.56 Å². The van der Waals surface area contributed by atoms with Gasteiger partial charge in [0.25, 0.3) is 5.91 Å². The number of aromatic nitrogens is 4. The molecule has 30 heavy (non-hydrogen) atoms. The highest BCUT2D eigenvalue weighted by Crippen LogP contribution is 2.35. The number of hydrogen-bond acceptors (Lipinski definition) is 5. The van der Waals surface area contributed by atoms with E-state index in [2.05, 4.69) is 20.6 Å². The van der Waals surface area contributed by atoms with Gasteiger partial charge in [0.1, 0.15) is 11.5 Å². The minimum Gasteiger partial charge on any atom is -0.454 e. The smallest absolute Gasteiger partial charge is 0.273 e. The van der Waals surface area contributed by atoms with Crippen molar-refractivity contribution in [3.63, 3.8) is 0 Å². The SMILES string of the molecule is O=C(Nc1cnn(Cc2ccccc2F)c1)c1cc(-c2ccc3c(c2)OCO3)n[nH]1. The van der Waals surface area contributed by atoms with Crippen LogP contribution in [0.3, 0.4) is 0 Å². The van der Waals surface area contributed by atoms with E-state index in [9.17, 15) is 9.18 Å². The summed E-state index contributed by atoms with van der Waals surface area (Å²) in [5.41, 5.74) is 2.71. The fourth-order valence-electron chi connectivity index (χ4n) is 3.16.